The van der Waals surface area contributed by atoms with E-state index >= 15 is 0 Å². The number of aliphatic hydroxyl groups is 1. The van der Waals surface area contributed by atoms with Gasteiger partial charge in [-0.05, 0) is 29.7 Å². The Morgan fingerprint density at radius 3 is 2.50 bits per heavy atom. The lowest BCUT2D eigenvalue weighted by Gasteiger charge is -2.13. The molecule has 0 heterocycles. The lowest BCUT2D eigenvalue weighted by Crippen LogP contribution is -2.37. The average Bonchev–Trinajstić information content (AvgIpc) is 2.48. The molecule has 0 bridgehead atoms. The zero-order valence-electron chi connectivity index (χ0n) is 11.1. The Labute approximate surface area is 118 Å². The zero-order valence-corrected chi connectivity index (χ0v) is 11.1. The summed E-state index contributed by atoms with van der Waals surface area (Å²) in [6.07, 6.45) is 0.492. The van der Waals surface area contributed by atoms with Gasteiger partial charge < -0.3 is 16.2 Å². The number of nitrogens with one attached hydrogen (secondary N) is 1. The first-order valence-electron chi connectivity index (χ1n) is 6.49. The molecule has 0 unspecified atom stereocenters. The van der Waals surface area contributed by atoms with E-state index in [0.29, 0.717) is 12.1 Å². The number of rotatable bonds is 5. The molecular formula is C16H18N2O2. The lowest BCUT2D eigenvalue weighted by atomic mass is 10.1. The molecule has 0 fully saturated rings. The van der Waals surface area contributed by atoms with E-state index in [2.05, 4.69) is 5.32 Å². The number of carbonyl (C=O) groups is 1. The number of nitrogens with two attached hydrogens (primary N) is 1. The summed E-state index contributed by atoms with van der Waals surface area (Å²) < 4.78 is 0. The summed E-state index contributed by atoms with van der Waals surface area (Å²) in [4.78, 5) is 12.0. The molecule has 2 aromatic carbocycles. The average molecular weight is 270 g/mol. The van der Waals surface area contributed by atoms with Crippen molar-refractivity contribution in [2.24, 2.45) is 5.73 Å². The molecule has 2 aromatic rings. The second-order valence-corrected chi connectivity index (χ2v) is 4.64. The highest BCUT2D eigenvalue weighted by Crippen LogP contribution is 2.11. The largest absolute Gasteiger partial charge is 0.392 e. The van der Waals surface area contributed by atoms with Crippen molar-refractivity contribution in [3.05, 3.63) is 65.7 Å². The van der Waals surface area contributed by atoms with Crippen molar-refractivity contribution in [2.75, 3.05) is 5.32 Å². The molecule has 2 rings (SSSR count). The fraction of sp³-hybridized carbons (Fsp3) is 0.188. The monoisotopic (exact) mass is 270 g/mol. The van der Waals surface area contributed by atoms with Crippen LogP contribution in [0.3, 0.4) is 0 Å². The molecule has 104 valence electrons. The first-order chi connectivity index (χ1) is 9.69. The van der Waals surface area contributed by atoms with Crippen LogP contribution in [-0.4, -0.2) is 17.1 Å². The predicted octanol–water partition coefficient (Wildman–Crippen LogP) is 1.69. The van der Waals surface area contributed by atoms with Crippen molar-refractivity contribution in [3.63, 3.8) is 0 Å². The molecule has 0 aliphatic carbocycles. The van der Waals surface area contributed by atoms with Crippen LogP contribution >= 0.6 is 0 Å². The van der Waals surface area contributed by atoms with E-state index in [1.807, 2.05) is 30.3 Å². The fourth-order valence-electron chi connectivity index (χ4n) is 1.94. The van der Waals surface area contributed by atoms with Gasteiger partial charge in [-0.25, -0.2) is 0 Å². The van der Waals surface area contributed by atoms with E-state index in [-0.39, 0.29) is 12.5 Å². The third kappa shape index (κ3) is 3.91. The molecule has 1 amide bonds. The van der Waals surface area contributed by atoms with Gasteiger partial charge in [-0.2, -0.15) is 0 Å². The molecule has 0 saturated carbocycles. The second-order valence-electron chi connectivity index (χ2n) is 4.64. The van der Waals surface area contributed by atoms with Crippen LogP contribution in [0.5, 0.6) is 0 Å². The van der Waals surface area contributed by atoms with E-state index in [1.54, 1.807) is 24.3 Å². The van der Waals surface area contributed by atoms with Crippen molar-refractivity contribution in [1.29, 1.82) is 0 Å². The number of carbonyl (C=O) groups excluding carboxylic acids is 1. The molecule has 0 spiro atoms. The lowest BCUT2D eigenvalue weighted by molar-refractivity contribution is -0.117. The van der Waals surface area contributed by atoms with E-state index < -0.39 is 6.04 Å². The summed E-state index contributed by atoms with van der Waals surface area (Å²) >= 11 is 0. The molecule has 0 aliphatic heterocycles. The molecule has 0 aliphatic rings. The third-order valence-corrected chi connectivity index (χ3v) is 3.01. The van der Waals surface area contributed by atoms with Crippen LogP contribution in [0.1, 0.15) is 11.1 Å². The summed E-state index contributed by atoms with van der Waals surface area (Å²) in [5.74, 6) is -0.232. The summed E-state index contributed by atoms with van der Waals surface area (Å²) in [6.45, 7) is -0.0558. The van der Waals surface area contributed by atoms with E-state index in [0.717, 1.165) is 11.1 Å². The Morgan fingerprint density at radius 2 is 1.80 bits per heavy atom. The highest BCUT2D eigenvalue weighted by molar-refractivity contribution is 5.94. The number of amides is 1. The topological polar surface area (TPSA) is 75.4 Å². The molecule has 20 heavy (non-hydrogen) atoms. The first kappa shape index (κ1) is 14.2. The van der Waals surface area contributed by atoms with Crippen molar-refractivity contribution in [2.45, 2.75) is 19.1 Å². The van der Waals surface area contributed by atoms with E-state index in [1.165, 1.54) is 0 Å². The molecule has 0 aromatic heterocycles. The maximum absolute atomic E-state index is 12.0. The van der Waals surface area contributed by atoms with Crippen molar-refractivity contribution >= 4 is 11.6 Å². The predicted molar refractivity (Wildman–Crippen MR) is 79.1 cm³/mol. The molecule has 0 radical (unpaired) electrons. The minimum absolute atomic E-state index is 0.0558. The summed E-state index contributed by atoms with van der Waals surface area (Å²) in [5.41, 5.74) is 8.33. The van der Waals surface area contributed by atoms with Gasteiger partial charge in [0, 0.05) is 5.69 Å². The summed E-state index contributed by atoms with van der Waals surface area (Å²) in [5, 5.41) is 11.8. The van der Waals surface area contributed by atoms with Crippen LogP contribution in [0.2, 0.25) is 0 Å². The number of benzene rings is 2. The third-order valence-electron chi connectivity index (χ3n) is 3.01. The molecule has 4 N–H and O–H groups in total. The van der Waals surface area contributed by atoms with Crippen LogP contribution in [-0.2, 0) is 17.8 Å². The standard InChI is InChI=1S/C16H18N2O2/c17-15(10-12-5-2-1-3-6-12)16(20)18-14-8-4-7-13(9-14)11-19/h1-9,15,19H,10-11,17H2,(H,18,20)/t15-/m0/s1. The Bertz CT molecular complexity index is 570. The molecule has 4 nitrogen and oxygen atoms in total. The summed E-state index contributed by atoms with van der Waals surface area (Å²) in [6, 6.07) is 16.1. The Morgan fingerprint density at radius 1 is 1.10 bits per heavy atom. The maximum atomic E-state index is 12.0. The smallest absolute Gasteiger partial charge is 0.241 e. The molecule has 1 atom stereocenters. The minimum Gasteiger partial charge on any atom is -0.392 e. The maximum Gasteiger partial charge on any atom is 0.241 e. The van der Waals surface area contributed by atoms with Crippen LogP contribution in [0.15, 0.2) is 54.6 Å². The number of hydrogen-bond acceptors (Lipinski definition) is 3. The number of anilines is 1. The van der Waals surface area contributed by atoms with Crippen LogP contribution in [0, 0.1) is 0 Å². The van der Waals surface area contributed by atoms with Gasteiger partial charge in [0.25, 0.3) is 0 Å². The SMILES string of the molecule is N[C@@H](Cc1ccccc1)C(=O)Nc1cccc(CO)c1. The van der Waals surface area contributed by atoms with Crippen LogP contribution in [0.25, 0.3) is 0 Å². The Balaban J connectivity index is 1.97. The Kier molecular flexibility index (Phi) is 4.87. The van der Waals surface area contributed by atoms with Gasteiger partial charge in [0.2, 0.25) is 5.91 Å². The van der Waals surface area contributed by atoms with Gasteiger partial charge in [0.05, 0.1) is 12.6 Å². The normalized spacial score (nSPS) is 11.9. The van der Waals surface area contributed by atoms with Gasteiger partial charge in [-0.1, -0.05) is 42.5 Å². The fourth-order valence-corrected chi connectivity index (χ4v) is 1.94. The first-order valence-corrected chi connectivity index (χ1v) is 6.49. The van der Waals surface area contributed by atoms with E-state index in [9.17, 15) is 4.79 Å². The quantitative estimate of drug-likeness (QED) is 0.774. The van der Waals surface area contributed by atoms with Crippen molar-refractivity contribution < 1.29 is 9.90 Å². The molecule has 0 saturated heterocycles. The number of aliphatic hydroxyl groups excluding tert-OH is 1. The Hall–Kier alpha value is -2.17. The van der Waals surface area contributed by atoms with Crippen LogP contribution < -0.4 is 11.1 Å². The van der Waals surface area contributed by atoms with Gasteiger partial charge in [0.15, 0.2) is 0 Å². The highest BCUT2D eigenvalue weighted by atomic mass is 16.3. The van der Waals surface area contributed by atoms with Gasteiger partial charge in [0.1, 0.15) is 0 Å². The zero-order chi connectivity index (χ0) is 14.4. The number of hydrogen-bond donors (Lipinski definition) is 3. The van der Waals surface area contributed by atoms with Gasteiger partial charge >= 0.3 is 0 Å². The molecule has 4 heteroatoms. The molecular weight excluding hydrogens is 252 g/mol. The highest BCUT2D eigenvalue weighted by Gasteiger charge is 2.14. The second kappa shape index (κ2) is 6.84. The summed E-state index contributed by atoms with van der Waals surface area (Å²) in [7, 11) is 0. The van der Waals surface area contributed by atoms with E-state index in [4.69, 9.17) is 10.8 Å². The van der Waals surface area contributed by atoms with Gasteiger partial charge in [-0.3, -0.25) is 4.79 Å². The minimum atomic E-state index is -0.602. The van der Waals surface area contributed by atoms with Crippen molar-refractivity contribution in [3.8, 4) is 0 Å². The van der Waals surface area contributed by atoms with Crippen LogP contribution in [0.4, 0.5) is 5.69 Å². The van der Waals surface area contributed by atoms with Gasteiger partial charge in [-0.15, -0.1) is 0 Å². The van der Waals surface area contributed by atoms with Crippen molar-refractivity contribution in [1.82, 2.24) is 0 Å².